The van der Waals surface area contributed by atoms with Crippen LogP contribution in [0.4, 0.5) is 0 Å². The molecule has 0 aliphatic rings. The van der Waals surface area contributed by atoms with Gasteiger partial charge in [-0.2, -0.15) is 0 Å². The molecule has 2 atom stereocenters. The van der Waals surface area contributed by atoms with Crippen LogP contribution in [-0.2, 0) is 9.47 Å². The van der Waals surface area contributed by atoms with Gasteiger partial charge < -0.3 is 9.47 Å². The first kappa shape index (κ1) is 11.9. The first-order valence-electron chi connectivity index (χ1n) is 4.58. The zero-order chi connectivity index (χ0) is 9.56. The van der Waals surface area contributed by atoms with Crippen molar-refractivity contribution < 1.29 is 9.47 Å². The van der Waals surface area contributed by atoms with E-state index in [0.29, 0.717) is 12.5 Å². The minimum Gasteiger partial charge on any atom is -0.376 e. The third-order valence-electron chi connectivity index (χ3n) is 1.33. The second kappa shape index (κ2) is 6.44. The highest BCUT2D eigenvalue weighted by molar-refractivity contribution is 4.54. The molecule has 12 heavy (non-hydrogen) atoms. The van der Waals surface area contributed by atoms with Gasteiger partial charge in [-0.15, -0.1) is 0 Å². The molecular weight excluding hydrogens is 152 g/mol. The van der Waals surface area contributed by atoms with Gasteiger partial charge in [-0.05, 0) is 26.7 Å². The molecule has 0 aromatic carbocycles. The van der Waals surface area contributed by atoms with Crippen LogP contribution >= 0.6 is 0 Å². The molecule has 2 heteroatoms. The Morgan fingerprint density at radius 2 is 1.58 bits per heavy atom. The van der Waals surface area contributed by atoms with Gasteiger partial charge in [-0.25, -0.2) is 0 Å². The molecule has 0 saturated heterocycles. The van der Waals surface area contributed by atoms with Crippen molar-refractivity contribution in [3.05, 3.63) is 6.92 Å². The van der Waals surface area contributed by atoms with E-state index in [4.69, 9.17) is 9.47 Å². The Morgan fingerprint density at radius 1 is 1.00 bits per heavy atom. The molecule has 2 unspecified atom stereocenters. The first-order valence-corrected chi connectivity index (χ1v) is 4.58. The fraction of sp³-hybridized carbons (Fsp3) is 0.900. The van der Waals surface area contributed by atoms with Gasteiger partial charge in [0, 0.05) is 6.61 Å². The zero-order valence-corrected chi connectivity index (χ0v) is 8.67. The van der Waals surface area contributed by atoms with Crippen molar-refractivity contribution in [2.45, 2.75) is 39.9 Å². The summed E-state index contributed by atoms with van der Waals surface area (Å²) in [4.78, 5) is 0. The lowest BCUT2D eigenvalue weighted by Crippen LogP contribution is -2.20. The van der Waals surface area contributed by atoms with Gasteiger partial charge >= 0.3 is 0 Å². The van der Waals surface area contributed by atoms with E-state index < -0.39 is 0 Å². The van der Waals surface area contributed by atoms with Gasteiger partial charge in [0.05, 0.1) is 18.8 Å². The van der Waals surface area contributed by atoms with Crippen LogP contribution in [0.5, 0.6) is 0 Å². The number of hydrogen-bond acceptors (Lipinski definition) is 2. The van der Waals surface area contributed by atoms with E-state index in [9.17, 15) is 0 Å². The minimum absolute atomic E-state index is 0.0510. The van der Waals surface area contributed by atoms with Gasteiger partial charge in [0.2, 0.25) is 0 Å². The monoisotopic (exact) mass is 173 g/mol. The molecule has 0 N–H and O–H groups in total. The van der Waals surface area contributed by atoms with Gasteiger partial charge in [0.15, 0.2) is 0 Å². The van der Waals surface area contributed by atoms with Crippen LogP contribution in [-0.4, -0.2) is 25.4 Å². The lowest BCUT2D eigenvalue weighted by molar-refractivity contribution is -0.0280. The molecule has 0 aromatic rings. The third kappa shape index (κ3) is 8.02. The Morgan fingerprint density at radius 3 is 2.00 bits per heavy atom. The second-order valence-electron chi connectivity index (χ2n) is 3.68. The van der Waals surface area contributed by atoms with E-state index in [2.05, 4.69) is 20.8 Å². The zero-order valence-electron chi connectivity index (χ0n) is 8.67. The number of hydrogen-bond donors (Lipinski definition) is 0. The molecule has 0 aliphatic carbocycles. The number of rotatable bonds is 6. The molecule has 1 radical (unpaired) electrons. The fourth-order valence-electron chi connectivity index (χ4n) is 0.705. The summed E-state index contributed by atoms with van der Waals surface area (Å²) in [5.74, 6) is 0.588. The van der Waals surface area contributed by atoms with E-state index in [1.807, 2.05) is 13.8 Å². The van der Waals surface area contributed by atoms with Crippen LogP contribution in [0.3, 0.4) is 0 Å². The van der Waals surface area contributed by atoms with Gasteiger partial charge in [-0.1, -0.05) is 13.8 Å². The molecular formula is C10H21O2. The Kier molecular flexibility index (Phi) is 6.39. The predicted molar refractivity (Wildman–Crippen MR) is 51.0 cm³/mol. The topological polar surface area (TPSA) is 18.5 Å². The Labute approximate surface area is 76.3 Å². The van der Waals surface area contributed by atoms with Gasteiger partial charge in [-0.3, -0.25) is 0 Å². The molecule has 0 saturated carbocycles. The quantitative estimate of drug-likeness (QED) is 0.613. The van der Waals surface area contributed by atoms with E-state index >= 15 is 0 Å². The Bertz CT molecular complexity index is 88.0. The smallest absolute Gasteiger partial charge is 0.0780 e. The lowest BCUT2D eigenvalue weighted by atomic mass is 10.2. The van der Waals surface area contributed by atoms with Crippen LogP contribution in [0.25, 0.3) is 0 Å². The average molecular weight is 173 g/mol. The molecule has 0 bridgehead atoms. The van der Waals surface area contributed by atoms with E-state index in [0.717, 1.165) is 6.61 Å². The van der Waals surface area contributed by atoms with Crippen molar-refractivity contribution in [2.75, 3.05) is 13.2 Å². The summed E-state index contributed by atoms with van der Waals surface area (Å²) in [6.45, 7) is 13.4. The molecule has 0 fully saturated rings. The van der Waals surface area contributed by atoms with Crippen LogP contribution in [0.2, 0.25) is 0 Å². The molecule has 0 spiro atoms. The summed E-state index contributed by atoms with van der Waals surface area (Å²) in [6, 6.07) is 0. The summed E-state index contributed by atoms with van der Waals surface area (Å²) < 4.78 is 10.8. The number of ether oxygens (including phenoxy) is 2. The van der Waals surface area contributed by atoms with Gasteiger partial charge in [0.25, 0.3) is 0 Å². The van der Waals surface area contributed by atoms with Crippen LogP contribution in [0.1, 0.15) is 27.7 Å². The molecule has 0 aromatic heterocycles. The normalized spacial score (nSPS) is 14.2. The molecule has 0 amide bonds. The van der Waals surface area contributed by atoms with Crippen molar-refractivity contribution in [1.82, 2.24) is 0 Å². The van der Waals surface area contributed by atoms with Crippen molar-refractivity contribution in [3.63, 3.8) is 0 Å². The summed E-state index contributed by atoms with van der Waals surface area (Å²) in [6.07, 6.45) is 0.228. The minimum atomic E-state index is 0.0510. The average Bonchev–Trinajstić information content (AvgIpc) is 1.96. The highest BCUT2D eigenvalue weighted by Gasteiger charge is 2.04. The summed E-state index contributed by atoms with van der Waals surface area (Å²) in [5, 5.41) is 0. The summed E-state index contributed by atoms with van der Waals surface area (Å²) >= 11 is 0. The van der Waals surface area contributed by atoms with Crippen molar-refractivity contribution in [3.8, 4) is 0 Å². The Hall–Kier alpha value is -0.0800. The third-order valence-corrected chi connectivity index (χ3v) is 1.33. The Balaban J connectivity index is 3.27. The van der Waals surface area contributed by atoms with E-state index in [1.165, 1.54) is 0 Å². The van der Waals surface area contributed by atoms with Crippen molar-refractivity contribution >= 4 is 0 Å². The fourth-order valence-corrected chi connectivity index (χ4v) is 0.705. The molecule has 0 heterocycles. The van der Waals surface area contributed by atoms with Crippen molar-refractivity contribution in [2.24, 2.45) is 5.92 Å². The summed E-state index contributed by atoms with van der Waals surface area (Å²) in [7, 11) is 0. The molecule has 73 valence electrons. The molecule has 0 aliphatic heterocycles. The highest BCUT2D eigenvalue weighted by Crippen LogP contribution is 1.99. The van der Waals surface area contributed by atoms with Crippen molar-refractivity contribution in [1.29, 1.82) is 0 Å². The standard InChI is InChI=1S/C10H21O2/c1-8(2)6-12-10(5)7-11-9(3)4/h8-10H,3,6-7H2,1-2,4-5H3. The molecule has 2 nitrogen and oxygen atoms in total. The first-order chi connectivity index (χ1) is 5.52. The maximum atomic E-state index is 5.50. The van der Waals surface area contributed by atoms with Crippen LogP contribution in [0.15, 0.2) is 0 Å². The van der Waals surface area contributed by atoms with Crippen LogP contribution < -0.4 is 0 Å². The molecule has 0 rings (SSSR count). The second-order valence-corrected chi connectivity index (χ2v) is 3.68. The maximum Gasteiger partial charge on any atom is 0.0780 e. The predicted octanol–water partition coefficient (Wildman–Crippen LogP) is 2.29. The maximum absolute atomic E-state index is 5.50. The van der Waals surface area contributed by atoms with E-state index in [1.54, 1.807) is 0 Å². The lowest BCUT2D eigenvalue weighted by Gasteiger charge is -2.16. The largest absolute Gasteiger partial charge is 0.376 e. The van der Waals surface area contributed by atoms with Crippen LogP contribution in [0, 0.1) is 12.8 Å². The van der Waals surface area contributed by atoms with Gasteiger partial charge in [0.1, 0.15) is 0 Å². The SMILES string of the molecule is [CH2]C(C)OCC(C)OCC(C)C. The highest BCUT2D eigenvalue weighted by atomic mass is 16.5. The van der Waals surface area contributed by atoms with E-state index in [-0.39, 0.29) is 12.2 Å². The summed E-state index contributed by atoms with van der Waals surface area (Å²) in [5.41, 5.74) is 0.